The van der Waals surface area contributed by atoms with Gasteiger partial charge in [-0.15, -0.1) is 0 Å². The summed E-state index contributed by atoms with van der Waals surface area (Å²) in [6.07, 6.45) is 3.98. The minimum absolute atomic E-state index is 0.00664. The topological polar surface area (TPSA) is 96.0 Å². The predicted molar refractivity (Wildman–Crippen MR) is 180 cm³/mol. The van der Waals surface area contributed by atoms with Crippen LogP contribution in [0.1, 0.15) is 42.4 Å². The second kappa shape index (κ2) is 15.3. The van der Waals surface area contributed by atoms with Crippen molar-refractivity contribution >= 4 is 27.5 Å². The lowest BCUT2D eigenvalue weighted by atomic mass is 10.0. The second-order valence-electron chi connectivity index (χ2n) is 11.9. The fourth-order valence-corrected chi connectivity index (χ4v) is 7.28. The molecule has 0 bridgehead atoms. The standard InChI is InChI=1S/C37H40FN3O5S/c1-27-15-21-34(22-16-27)47(44,45)41(32-19-17-30(38)18-20-32)26-36(42)40(25-29-11-8-14-33(23-29)46-2)35(24-28-9-4-3-5-10-28)37(43)39-31-12-6-7-13-31/h3-5,8-11,14-23,31,35H,6-7,12-13,24-26H2,1-2H3,(H,39,43)/t35-/m0/s1. The number of sulfonamides is 1. The first kappa shape index (κ1) is 33.7. The molecule has 0 unspecified atom stereocenters. The van der Waals surface area contributed by atoms with Gasteiger partial charge in [-0.25, -0.2) is 12.8 Å². The number of hydrogen-bond acceptors (Lipinski definition) is 5. The number of amides is 2. The Bertz CT molecular complexity index is 1760. The highest BCUT2D eigenvalue weighted by atomic mass is 32.2. The van der Waals surface area contributed by atoms with E-state index in [4.69, 9.17) is 4.74 Å². The first-order valence-corrected chi connectivity index (χ1v) is 17.2. The van der Waals surface area contributed by atoms with Gasteiger partial charge in [0.05, 0.1) is 17.7 Å². The summed E-state index contributed by atoms with van der Waals surface area (Å²) in [6, 6.07) is 27.0. The lowest BCUT2D eigenvalue weighted by Gasteiger charge is -2.34. The van der Waals surface area contributed by atoms with E-state index in [1.54, 1.807) is 37.4 Å². The molecule has 1 atom stereocenters. The molecule has 1 aliphatic carbocycles. The third-order valence-corrected chi connectivity index (χ3v) is 10.3. The number of halogens is 1. The van der Waals surface area contributed by atoms with Crippen LogP contribution in [0.15, 0.2) is 108 Å². The van der Waals surface area contributed by atoms with Crippen molar-refractivity contribution in [3.8, 4) is 5.75 Å². The minimum Gasteiger partial charge on any atom is -0.497 e. The van der Waals surface area contributed by atoms with Gasteiger partial charge in [0.2, 0.25) is 11.8 Å². The van der Waals surface area contributed by atoms with E-state index < -0.39 is 34.3 Å². The number of rotatable bonds is 13. The molecule has 1 aliphatic rings. The van der Waals surface area contributed by atoms with Gasteiger partial charge in [0.1, 0.15) is 24.2 Å². The SMILES string of the molecule is COc1cccc(CN(C(=O)CN(c2ccc(F)cc2)S(=O)(=O)c2ccc(C)cc2)[C@@H](Cc2ccccc2)C(=O)NC2CCCC2)c1. The maximum absolute atomic E-state index is 14.6. The van der Waals surface area contributed by atoms with E-state index in [0.29, 0.717) is 11.3 Å². The van der Waals surface area contributed by atoms with Crippen LogP contribution in [0.3, 0.4) is 0 Å². The molecule has 1 saturated carbocycles. The van der Waals surface area contributed by atoms with Crippen LogP contribution in [0.25, 0.3) is 0 Å². The van der Waals surface area contributed by atoms with E-state index in [-0.39, 0.29) is 35.5 Å². The molecule has 0 radical (unpaired) electrons. The fraction of sp³-hybridized carbons (Fsp3) is 0.297. The van der Waals surface area contributed by atoms with Gasteiger partial charge in [0.15, 0.2) is 0 Å². The van der Waals surface area contributed by atoms with Crippen LogP contribution in [-0.2, 0) is 32.6 Å². The molecule has 4 aromatic rings. The third kappa shape index (κ3) is 8.56. The second-order valence-corrected chi connectivity index (χ2v) is 13.7. The maximum atomic E-state index is 14.6. The van der Waals surface area contributed by atoms with Crippen molar-refractivity contribution in [2.45, 2.75) is 62.6 Å². The van der Waals surface area contributed by atoms with Gasteiger partial charge >= 0.3 is 0 Å². The van der Waals surface area contributed by atoms with Crippen molar-refractivity contribution in [1.82, 2.24) is 10.2 Å². The van der Waals surface area contributed by atoms with E-state index in [1.807, 2.05) is 43.3 Å². The van der Waals surface area contributed by atoms with Crippen molar-refractivity contribution in [3.05, 3.63) is 126 Å². The average molecular weight is 658 g/mol. The summed E-state index contributed by atoms with van der Waals surface area (Å²) in [5.41, 5.74) is 2.55. The maximum Gasteiger partial charge on any atom is 0.264 e. The molecule has 1 N–H and O–H groups in total. The lowest BCUT2D eigenvalue weighted by Crippen LogP contribution is -2.54. The zero-order chi connectivity index (χ0) is 33.4. The zero-order valence-corrected chi connectivity index (χ0v) is 27.5. The molecule has 1 fully saturated rings. The monoisotopic (exact) mass is 657 g/mol. The van der Waals surface area contributed by atoms with Crippen molar-refractivity contribution < 1.29 is 27.1 Å². The van der Waals surface area contributed by atoms with E-state index in [0.717, 1.165) is 53.2 Å². The number of nitrogens with one attached hydrogen (secondary N) is 1. The summed E-state index contributed by atoms with van der Waals surface area (Å²) in [5.74, 6) is -0.846. The van der Waals surface area contributed by atoms with Gasteiger partial charge < -0.3 is 15.0 Å². The first-order chi connectivity index (χ1) is 22.6. The predicted octanol–water partition coefficient (Wildman–Crippen LogP) is 6.04. The highest BCUT2D eigenvalue weighted by molar-refractivity contribution is 7.92. The molecule has 5 rings (SSSR count). The molecular formula is C37H40FN3O5S. The van der Waals surface area contributed by atoms with Crippen molar-refractivity contribution in [2.24, 2.45) is 0 Å². The Labute approximate surface area is 276 Å². The smallest absolute Gasteiger partial charge is 0.264 e. The molecule has 0 aliphatic heterocycles. The van der Waals surface area contributed by atoms with Crippen LogP contribution < -0.4 is 14.4 Å². The Morgan fingerprint density at radius 1 is 0.894 bits per heavy atom. The van der Waals surface area contributed by atoms with Crippen molar-refractivity contribution in [2.75, 3.05) is 18.0 Å². The fourth-order valence-electron chi connectivity index (χ4n) is 5.86. The van der Waals surface area contributed by atoms with Gasteiger partial charge in [-0.1, -0.05) is 73.0 Å². The summed E-state index contributed by atoms with van der Waals surface area (Å²) in [7, 11) is -2.73. The van der Waals surface area contributed by atoms with Gasteiger partial charge in [-0.05, 0) is 79.4 Å². The number of nitrogens with zero attached hydrogens (tertiary/aromatic N) is 2. The van der Waals surface area contributed by atoms with Crippen LogP contribution >= 0.6 is 0 Å². The Balaban J connectivity index is 1.57. The largest absolute Gasteiger partial charge is 0.497 e. The molecular weight excluding hydrogens is 617 g/mol. The average Bonchev–Trinajstić information content (AvgIpc) is 3.59. The van der Waals surface area contributed by atoms with Gasteiger partial charge in [-0.3, -0.25) is 13.9 Å². The normalized spacial score (nSPS) is 13.9. The number of aryl methyl sites for hydroxylation is 1. The van der Waals surface area contributed by atoms with Gasteiger partial charge in [0, 0.05) is 19.0 Å². The molecule has 0 aromatic heterocycles. The number of anilines is 1. The van der Waals surface area contributed by atoms with E-state index in [9.17, 15) is 22.4 Å². The number of carbonyl (C=O) groups is 2. The van der Waals surface area contributed by atoms with Crippen LogP contribution in [0.2, 0.25) is 0 Å². The third-order valence-electron chi connectivity index (χ3n) is 8.46. The summed E-state index contributed by atoms with van der Waals surface area (Å²) in [5, 5.41) is 3.16. The molecule has 0 spiro atoms. The molecule has 0 heterocycles. The number of hydrogen-bond donors (Lipinski definition) is 1. The molecule has 47 heavy (non-hydrogen) atoms. The van der Waals surface area contributed by atoms with Crippen LogP contribution in [0, 0.1) is 12.7 Å². The molecule has 8 nitrogen and oxygen atoms in total. The molecule has 0 saturated heterocycles. The Kier molecular flexibility index (Phi) is 10.9. The summed E-state index contributed by atoms with van der Waals surface area (Å²) in [4.78, 5) is 30.1. The number of ether oxygens (including phenoxy) is 1. The van der Waals surface area contributed by atoms with Crippen LogP contribution in [0.5, 0.6) is 5.75 Å². The number of methoxy groups -OCH3 is 1. The Hall–Kier alpha value is -4.70. The molecule has 246 valence electrons. The first-order valence-electron chi connectivity index (χ1n) is 15.8. The molecule has 10 heteroatoms. The number of benzene rings is 4. The lowest BCUT2D eigenvalue weighted by molar-refractivity contribution is -0.140. The minimum atomic E-state index is -4.28. The highest BCUT2D eigenvalue weighted by Gasteiger charge is 2.35. The van der Waals surface area contributed by atoms with E-state index in [1.165, 1.54) is 29.2 Å². The summed E-state index contributed by atoms with van der Waals surface area (Å²) >= 11 is 0. The van der Waals surface area contributed by atoms with Gasteiger partial charge in [-0.2, -0.15) is 0 Å². The van der Waals surface area contributed by atoms with Crippen molar-refractivity contribution in [1.29, 1.82) is 0 Å². The Morgan fingerprint density at radius 3 is 2.21 bits per heavy atom. The van der Waals surface area contributed by atoms with Crippen molar-refractivity contribution in [3.63, 3.8) is 0 Å². The van der Waals surface area contributed by atoms with Crippen LogP contribution in [0.4, 0.5) is 10.1 Å². The summed E-state index contributed by atoms with van der Waals surface area (Å²) in [6.45, 7) is 1.25. The Morgan fingerprint density at radius 2 is 1.55 bits per heavy atom. The quantitative estimate of drug-likeness (QED) is 0.189. The number of carbonyl (C=O) groups excluding carboxylic acids is 2. The highest BCUT2D eigenvalue weighted by Crippen LogP contribution is 2.26. The van der Waals surface area contributed by atoms with Gasteiger partial charge in [0.25, 0.3) is 10.0 Å². The van der Waals surface area contributed by atoms with E-state index in [2.05, 4.69) is 5.32 Å². The molecule has 2 amide bonds. The van der Waals surface area contributed by atoms with Crippen LogP contribution in [-0.4, -0.2) is 50.9 Å². The summed E-state index contributed by atoms with van der Waals surface area (Å²) < 4.78 is 48.6. The zero-order valence-electron chi connectivity index (χ0n) is 26.6. The molecule has 4 aromatic carbocycles. The van der Waals surface area contributed by atoms with E-state index >= 15 is 0 Å².